The number of aromatic nitrogens is 2. The number of aryl methyl sites for hydroxylation is 2. The fourth-order valence-corrected chi connectivity index (χ4v) is 3.24. The average molecular weight is 314 g/mol. The van der Waals surface area contributed by atoms with Crippen LogP contribution in [-0.4, -0.2) is 35.1 Å². The van der Waals surface area contributed by atoms with Gasteiger partial charge in [-0.05, 0) is 46.1 Å². The maximum atomic E-state index is 6.45. The number of hydrogen-bond acceptors (Lipinski definition) is 3. The van der Waals surface area contributed by atoms with Gasteiger partial charge in [-0.3, -0.25) is 4.68 Å². The molecule has 5 heteroatoms. The molecule has 2 unspecified atom stereocenters. The Balaban J connectivity index is 2.06. The Bertz CT molecular complexity index is 441. The van der Waals surface area contributed by atoms with Gasteiger partial charge in [0.25, 0.3) is 0 Å². The molecule has 1 aromatic heterocycles. The number of nitrogens with one attached hydrogen (secondary N) is 1. The molecule has 4 nitrogen and oxygen atoms in total. The molecule has 2 heterocycles. The summed E-state index contributed by atoms with van der Waals surface area (Å²) in [6.45, 7) is 9.10. The molecular formula is C16H28ClN3O. The largest absolute Gasteiger partial charge is 0.378 e. The van der Waals surface area contributed by atoms with Gasteiger partial charge in [-0.15, -0.1) is 0 Å². The normalized spacial score (nSPS) is 20.1. The average Bonchev–Trinajstić information content (AvgIpc) is 3.08. The smallest absolute Gasteiger partial charge is 0.0847 e. The first-order chi connectivity index (χ1) is 10.2. The SMILES string of the molecule is CCCNC(Cc1c(Cl)c(C)nn1CC)CC1CCCO1. The van der Waals surface area contributed by atoms with Crippen LogP contribution in [0.15, 0.2) is 0 Å². The van der Waals surface area contributed by atoms with Gasteiger partial charge in [0, 0.05) is 25.6 Å². The van der Waals surface area contributed by atoms with E-state index in [1.54, 1.807) is 0 Å². The molecule has 0 bridgehead atoms. The van der Waals surface area contributed by atoms with E-state index in [2.05, 4.69) is 24.3 Å². The molecular weight excluding hydrogens is 286 g/mol. The lowest BCUT2D eigenvalue weighted by molar-refractivity contribution is 0.0943. The van der Waals surface area contributed by atoms with Crippen molar-refractivity contribution in [2.75, 3.05) is 13.2 Å². The fraction of sp³-hybridized carbons (Fsp3) is 0.812. The molecule has 0 aliphatic carbocycles. The summed E-state index contributed by atoms with van der Waals surface area (Å²) in [5, 5.41) is 9.00. The highest BCUT2D eigenvalue weighted by atomic mass is 35.5. The first-order valence-corrected chi connectivity index (χ1v) is 8.60. The van der Waals surface area contributed by atoms with Gasteiger partial charge >= 0.3 is 0 Å². The summed E-state index contributed by atoms with van der Waals surface area (Å²) in [7, 11) is 0. The topological polar surface area (TPSA) is 39.1 Å². The van der Waals surface area contributed by atoms with Gasteiger partial charge in [-0.25, -0.2) is 0 Å². The predicted octanol–water partition coefficient (Wildman–Crippen LogP) is 3.34. The minimum absolute atomic E-state index is 0.400. The molecule has 2 rings (SSSR count). The zero-order chi connectivity index (χ0) is 15.2. The van der Waals surface area contributed by atoms with E-state index >= 15 is 0 Å². The van der Waals surface area contributed by atoms with E-state index < -0.39 is 0 Å². The molecule has 120 valence electrons. The fourth-order valence-electron chi connectivity index (χ4n) is 3.03. The van der Waals surface area contributed by atoms with Crippen molar-refractivity contribution in [3.8, 4) is 0 Å². The zero-order valence-electron chi connectivity index (χ0n) is 13.5. The molecule has 0 saturated carbocycles. The van der Waals surface area contributed by atoms with Crippen LogP contribution in [0.1, 0.15) is 50.9 Å². The van der Waals surface area contributed by atoms with E-state index in [0.29, 0.717) is 12.1 Å². The Hall–Kier alpha value is -0.580. The van der Waals surface area contributed by atoms with E-state index in [4.69, 9.17) is 16.3 Å². The third-order valence-electron chi connectivity index (χ3n) is 4.15. The second-order valence-corrected chi connectivity index (χ2v) is 6.27. The van der Waals surface area contributed by atoms with Gasteiger partial charge < -0.3 is 10.1 Å². The zero-order valence-corrected chi connectivity index (χ0v) is 14.2. The Morgan fingerprint density at radius 3 is 2.90 bits per heavy atom. The highest BCUT2D eigenvalue weighted by molar-refractivity contribution is 6.31. The van der Waals surface area contributed by atoms with Crippen molar-refractivity contribution in [2.24, 2.45) is 0 Å². The van der Waals surface area contributed by atoms with Crippen molar-refractivity contribution in [3.63, 3.8) is 0 Å². The van der Waals surface area contributed by atoms with Crippen molar-refractivity contribution >= 4 is 11.6 Å². The summed E-state index contributed by atoms with van der Waals surface area (Å²) in [6.07, 6.45) is 5.90. The first kappa shape index (κ1) is 16.8. The molecule has 1 aromatic rings. The molecule has 0 aromatic carbocycles. The van der Waals surface area contributed by atoms with Crippen LogP contribution in [0.5, 0.6) is 0 Å². The molecule has 0 spiro atoms. The Morgan fingerprint density at radius 1 is 1.48 bits per heavy atom. The van der Waals surface area contributed by atoms with Crippen LogP contribution in [0.4, 0.5) is 0 Å². The number of nitrogens with zero attached hydrogens (tertiary/aromatic N) is 2. The summed E-state index contributed by atoms with van der Waals surface area (Å²) in [6, 6.07) is 0.409. The van der Waals surface area contributed by atoms with Crippen molar-refractivity contribution in [1.82, 2.24) is 15.1 Å². The maximum absolute atomic E-state index is 6.45. The standard InChI is InChI=1S/C16H28ClN3O/c1-4-8-18-13(10-14-7-6-9-21-14)11-15-16(17)12(3)19-20(15)5-2/h13-14,18H,4-11H2,1-3H3. The van der Waals surface area contributed by atoms with Crippen LogP contribution in [0.25, 0.3) is 0 Å². The van der Waals surface area contributed by atoms with Gasteiger partial charge in [0.1, 0.15) is 0 Å². The molecule has 1 aliphatic rings. The van der Waals surface area contributed by atoms with E-state index in [1.165, 1.54) is 12.8 Å². The molecule has 1 N–H and O–H groups in total. The maximum Gasteiger partial charge on any atom is 0.0847 e. The number of hydrogen-bond donors (Lipinski definition) is 1. The van der Waals surface area contributed by atoms with Crippen LogP contribution in [-0.2, 0) is 17.7 Å². The van der Waals surface area contributed by atoms with Gasteiger partial charge in [0.2, 0.25) is 0 Å². The molecule has 0 radical (unpaired) electrons. The van der Waals surface area contributed by atoms with Crippen molar-refractivity contribution in [3.05, 3.63) is 16.4 Å². The summed E-state index contributed by atoms with van der Waals surface area (Å²) >= 11 is 6.45. The van der Waals surface area contributed by atoms with Crippen LogP contribution in [0.2, 0.25) is 5.02 Å². The van der Waals surface area contributed by atoms with Gasteiger partial charge in [0.15, 0.2) is 0 Å². The second kappa shape index (κ2) is 8.16. The molecule has 1 aliphatic heterocycles. The minimum Gasteiger partial charge on any atom is -0.378 e. The Kier molecular flexibility index (Phi) is 6.52. The summed E-state index contributed by atoms with van der Waals surface area (Å²) in [5.74, 6) is 0. The molecule has 0 amide bonds. The summed E-state index contributed by atoms with van der Waals surface area (Å²) in [4.78, 5) is 0. The van der Waals surface area contributed by atoms with Crippen LogP contribution >= 0.6 is 11.6 Å². The van der Waals surface area contributed by atoms with Crippen LogP contribution in [0.3, 0.4) is 0 Å². The number of ether oxygens (including phenoxy) is 1. The molecule has 1 fully saturated rings. The lowest BCUT2D eigenvalue weighted by atomic mass is 10.0. The second-order valence-electron chi connectivity index (χ2n) is 5.89. The molecule has 2 atom stereocenters. The van der Waals surface area contributed by atoms with Crippen LogP contribution < -0.4 is 5.32 Å². The lowest BCUT2D eigenvalue weighted by Crippen LogP contribution is -2.35. The first-order valence-electron chi connectivity index (χ1n) is 8.22. The van der Waals surface area contributed by atoms with E-state index in [9.17, 15) is 0 Å². The predicted molar refractivity (Wildman–Crippen MR) is 87.0 cm³/mol. The van der Waals surface area contributed by atoms with E-state index in [1.807, 2.05) is 11.6 Å². The number of halogens is 1. The summed E-state index contributed by atoms with van der Waals surface area (Å²) in [5.41, 5.74) is 2.09. The van der Waals surface area contributed by atoms with Gasteiger partial charge in [-0.2, -0.15) is 5.10 Å². The Morgan fingerprint density at radius 2 is 2.29 bits per heavy atom. The van der Waals surface area contributed by atoms with Crippen molar-refractivity contribution < 1.29 is 4.74 Å². The van der Waals surface area contributed by atoms with Gasteiger partial charge in [0.05, 0.1) is 22.5 Å². The molecule has 21 heavy (non-hydrogen) atoms. The highest BCUT2D eigenvalue weighted by Crippen LogP contribution is 2.24. The van der Waals surface area contributed by atoms with E-state index in [-0.39, 0.29) is 0 Å². The van der Waals surface area contributed by atoms with Gasteiger partial charge in [-0.1, -0.05) is 18.5 Å². The van der Waals surface area contributed by atoms with E-state index in [0.717, 1.165) is 55.4 Å². The quantitative estimate of drug-likeness (QED) is 0.800. The third-order valence-corrected chi connectivity index (χ3v) is 4.64. The van der Waals surface area contributed by atoms with Crippen LogP contribution in [0, 0.1) is 6.92 Å². The lowest BCUT2D eigenvalue weighted by Gasteiger charge is -2.22. The number of rotatable bonds is 8. The monoisotopic (exact) mass is 313 g/mol. The van der Waals surface area contributed by atoms with Crippen molar-refractivity contribution in [1.29, 1.82) is 0 Å². The summed E-state index contributed by atoms with van der Waals surface area (Å²) < 4.78 is 7.83. The van der Waals surface area contributed by atoms with Crippen molar-refractivity contribution in [2.45, 2.75) is 71.6 Å². The third kappa shape index (κ3) is 4.44. The highest BCUT2D eigenvalue weighted by Gasteiger charge is 2.23. The minimum atomic E-state index is 0.400. The Labute approximate surface area is 133 Å². The molecule has 1 saturated heterocycles.